The zero-order valence-electron chi connectivity index (χ0n) is 11.1. The maximum Gasteiger partial charge on any atom is 0.338 e. The summed E-state index contributed by atoms with van der Waals surface area (Å²) < 4.78 is 9.59. The quantitative estimate of drug-likeness (QED) is 0.595. The highest BCUT2D eigenvalue weighted by atomic mass is 35.5. The second-order valence-electron chi connectivity index (χ2n) is 3.92. The van der Waals surface area contributed by atoms with Crippen LogP contribution >= 0.6 is 11.6 Å². The number of carbonyl (C=O) groups is 2. The highest BCUT2D eigenvalue weighted by Gasteiger charge is 2.14. The number of carbonyl (C=O) groups excluding carboxylic acids is 2. The Bertz CT molecular complexity index is 457. The minimum Gasteiger partial charge on any atom is -0.469 e. The van der Waals surface area contributed by atoms with Crippen LogP contribution in [0.25, 0.3) is 0 Å². The van der Waals surface area contributed by atoms with Crippen LogP contribution in [-0.2, 0) is 26.6 Å². The largest absolute Gasteiger partial charge is 0.469 e. The van der Waals surface area contributed by atoms with Crippen molar-refractivity contribution in [3.63, 3.8) is 0 Å². The summed E-state index contributed by atoms with van der Waals surface area (Å²) in [7, 11) is 1.34. The highest BCUT2D eigenvalue weighted by molar-refractivity contribution is 6.17. The van der Waals surface area contributed by atoms with E-state index in [9.17, 15) is 9.59 Å². The fourth-order valence-corrected chi connectivity index (χ4v) is 1.83. The van der Waals surface area contributed by atoms with Crippen LogP contribution in [-0.4, -0.2) is 25.7 Å². The molecule has 19 heavy (non-hydrogen) atoms. The molecule has 1 aromatic carbocycles. The molecular formula is C14H17ClO4. The Morgan fingerprint density at radius 2 is 2.05 bits per heavy atom. The fourth-order valence-electron chi connectivity index (χ4n) is 1.66. The lowest BCUT2D eigenvalue weighted by atomic mass is 10.0. The average Bonchev–Trinajstić information content (AvgIpc) is 2.44. The van der Waals surface area contributed by atoms with Gasteiger partial charge in [0.05, 0.1) is 19.3 Å². The number of methoxy groups -OCH3 is 1. The molecule has 0 radical (unpaired) electrons. The van der Waals surface area contributed by atoms with Crippen LogP contribution in [0.4, 0.5) is 0 Å². The monoisotopic (exact) mass is 284 g/mol. The molecule has 0 amide bonds. The summed E-state index contributed by atoms with van der Waals surface area (Å²) in [5.41, 5.74) is 2.06. The van der Waals surface area contributed by atoms with E-state index in [2.05, 4.69) is 4.74 Å². The third kappa shape index (κ3) is 4.56. The molecule has 4 nitrogen and oxygen atoms in total. The third-order valence-corrected chi connectivity index (χ3v) is 2.96. The van der Waals surface area contributed by atoms with Gasteiger partial charge in [0.1, 0.15) is 0 Å². The van der Waals surface area contributed by atoms with Crippen LogP contribution in [0.1, 0.15) is 34.8 Å². The molecule has 0 aliphatic carbocycles. The van der Waals surface area contributed by atoms with Gasteiger partial charge in [0.2, 0.25) is 0 Å². The van der Waals surface area contributed by atoms with Gasteiger partial charge in [0, 0.05) is 12.3 Å². The van der Waals surface area contributed by atoms with Crippen molar-refractivity contribution in [3.8, 4) is 0 Å². The summed E-state index contributed by atoms with van der Waals surface area (Å²) in [6, 6.07) is 5.34. The molecule has 0 N–H and O–H groups in total. The third-order valence-electron chi connectivity index (χ3n) is 2.65. The van der Waals surface area contributed by atoms with Gasteiger partial charge in [-0.05, 0) is 30.5 Å². The average molecular weight is 285 g/mol. The van der Waals surface area contributed by atoms with E-state index >= 15 is 0 Å². The standard InChI is InChI=1S/C14H17ClO4/c1-3-19-14(17)12-8-10(9-15)4-5-11(12)6-7-13(16)18-2/h4-5,8H,3,6-7,9H2,1-2H3. The summed E-state index contributed by atoms with van der Waals surface area (Å²) in [5, 5.41) is 0. The summed E-state index contributed by atoms with van der Waals surface area (Å²) in [6.45, 7) is 2.05. The summed E-state index contributed by atoms with van der Waals surface area (Å²) in [6.07, 6.45) is 0.659. The molecular weight excluding hydrogens is 268 g/mol. The number of halogens is 1. The van der Waals surface area contributed by atoms with Crippen LogP contribution in [0.15, 0.2) is 18.2 Å². The van der Waals surface area contributed by atoms with Crippen LogP contribution in [0.2, 0.25) is 0 Å². The Labute approximate surface area is 117 Å². The van der Waals surface area contributed by atoms with Crippen molar-refractivity contribution in [2.75, 3.05) is 13.7 Å². The van der Waals surface area contributed by atoms with Crippen molar-refractivity contribution in [3.05, 3.63) is 34.9 Å². The Hall–Kier alpha value is -1.55. The number of hydrogen-bond donors (Lipinski definition) is 0. The van der Waals surface area contributed by atoms with E-state index in [1.165, 1.54) is 7.11 Å². The van der Waals surface area contributed by atoms with Crippen LogP contribution < -0.4 is 0 Å². The van der Waals surface area contributed by atoms with Gasteiger partial charge in [0.15, 0.2) is 0 Å². The Morgan fingerprint density at radius 1 is 1.32 bits per heavy atom. The smallest absolute Gasteiger partial charge is 0.338 e. The van der Waals surface area contributed by atoms with Gasteiger partial charge in [-0.3, -0.25) is 4.79 Å². The maximum absolute atomic E-state index is 11.9. The molecule has 0 saturated carbocycles. The second-order valence-corrected chi connectivity index (χ2v) is 4.19. The van der Waals surface area contributed by atoms with Gasteiger partial charge in [0.25, 0.3) is 0 Å². The van der Waals surface area contributed by atoms with Gasteiger partial charge in [-0.1, -0.05) is 12.1 Å². The number of rotatable bonds is 6. The summed E-state index contributed by atoms with van der Waals surface area (Å²) in [5.74, 6) is -0.380. The number of aryl methyl sites for hydroxylation is 1. The van der Waals surface area contributed by atoms with Gasteiger partial charge >= 0.3 is 11.9 Å². The van der Waals surface area contributed by atoms with Crippen molar-refractivity contribution >= 4 is 23.5 Å². The van der Waals surface area contributed by atoms with Crippen molar-refractivity contribution in [2.45, 2.75) is 25.6 Å². The first kappa shape index (κ1) is 15.5. The zero-order chi connectivity index (χ0) is 14.3. The lowest BCUT2D eigenvalue weighted by Gasteiger charge is -2.10. The molecule has 0 spiro atoms. The van der Waals surface area contributed by atoms with Crippen LogP contribution in [0, 0.1) is 0 Å². The number of ether oxygens (including phenoxy) is 2. The number of alkyl halides is 1. The second kappa shape index (κ2) is 7.79. The van der Waals surface area contributed by atoms with Crippen LogP contribution in [0.5, 0.6) is 0 Å². The minimum absolute atomic E-state index is 0.225. The van der Waals surface area contributed by atoms with E-state index in [0.29, 0.717) is 24.5 Å². The van der Waals surface area contributed by atoms with E-state index < -0.39 is 5.97 Å². The first-order valence-corrected chi connectivity index (χ1v) is 6.57. The normalized spacial score (nSPS) is 10.1. The zero-order valence-corrected chi connectivity index (χ0v) is 11.8. The van der Waals surface area contributed by atoms with E-state index in [1.54, 1.807) is 19.1 Å². The molecule has 0 bridgehead atoms. The van der Waals surface area contributed by atoms with Gasteiger partial charge < -0.3 is 9.47 Å². The molecule has 0 aliphatic rings. The van der Waals surface area contributed by atoms with E-state index in [4.69, 9.17) is 16.3 Å². The molecule has 104 valence electrons. The molecule has 0 atom stereocenters. The molecule has 0 aliphatic heterocycles. The number of esters is 2. The van der Waals surface area contributed by atoms with E-state index in [1.807, 2.05) is 6.07 Å². The Balaban J connectivity index is 2.94. The number of hydrogen-bond acceptors (Lipinski definition) is 4. The van der Waals surface area contributed by atoms with E-state index in [0.717, 1.165) is 11.1 Å². The maximum atomic E-state index is 11.9. The Kier molecular flexibility index (Phi) is 6.36. The number of benzene rings is 1. The molecule has 0 fully saturated rings. The van der Waals surface area contributed by atoms with Crippen molar-refractivity contribution in [1.82, 2.24) is 0 Å². The van der Waals surface area contributed by atoms with Crippen molar-refractivity contribution in [1.29, 1.82) is 0 Å². The first-order valence-electron chi connectivity index (χ1n) is 6.04. The molecule has 0 heterocycles. The fraction of sp³-hybridized carbons (Fsp3) is 0.429. The Morgan fingerprint density at radius 3 is 2.63 bits per heavy atom. The molecule has 5 heteroatoms. The topological polar surface area (TPSA) is 52.6 Å². The van der Waals surface area contributed by atoms with Gasteiger partial charge in [-0.15, -0.1) is 11.6 Å². The van der Waals surface area contributed by atoms with Gasteiger partial charge in [-0.2, -0.15) is 0 Å². The van der Waals surface area contributed by atoms with Crippen molar-refractivity contribution < 1.29 is 19.1 Å². The summed E-state index contributed by atoms with van der Waals surface area (Å²) in [4.78, 5) is 23.0. The summed E-state index contributed by atoms with van der Waals surface area (Å²) >= 11 is 5.76. The minimum atomic E-state index is -0.394. The molecule has 0 saturated heterocycles. The molecule has 0 unspecified atom stereocenters. The predicted molar refractivity (Wildman–Crippen MR) is 72.3 cm³/mol. The van der Waals surface area contributed by atoms with Crippen LogP contribution in [0.3, 0.4) is 0 Å². The van der Waals surface area contributed by atoms with E-state index in [-0.39, 0.29) is 12.4 Å². The molecule has 1 aromatic rings. The van der Waals surface area contributed by atoms with Crippen molar-refractivity contribution in [2.24, 2.45) is 0 Å². The predicted octanol–water partition coefficient (Wildman–Crippen LogP) is 2.71. The lowest BCUT2D eigenvalue weighted by molar-refractivity contribution is -0.140. The highest BCUT2D eigenvalue weighted by Crippen LogP contribution is 2.17. The van der Waals surface area contributed by atoms with Gasteiger partial charge in [-0.25, -0.2) is 4.79 Å². The first-order chi connectivity index (χ1) is 9.12. The molecule has 0 aromatic heterocycles. The SMILES string of the molecule is CCOC(=O)c1cc(CCl)ccc1CCC(=O)OC. The molecule has 1 rings (SSSR count). The lowest BCUT2D eigenvalue weighted by Crippen LogP contribution is -2.10.